The standard InChI is InChI=1S/C28H48O2/c1-19(2)7-6-8-20(3)24-11-12-25-23-10-9-21-17-22(30-18-29)13-15-27(21,4)26(23)14-16-28(24,25)5/h18-26H,6-17H2,1-5H3/t20?,21?,22?,23?,24?,25?,26?,27-,28+/m0/s1. The summed E-state index contributed by atoms with van der Waals surface area (Å²) in [5, 5.41) is 0. The van der Waals surface area contributed by atoms with E-state index < -0.39 is 0 Å². The molecule has 172 valence electrons. The molecule has 2 nitrogen and oxygen atoms in total. The van der Waals surface area contributed by atoms with E-state index in [-0.39, 0.29) is 6.10 Å². The van der Waals surface area contributed by atoms with Gasteiger partial charge in [0.25, 0.3) is 6.47 Å². The summed E-state index contributed by atoms with van der Waals surface area (Å²) in [6, 6.07) is 0. The Hall–Kier alpha value is -0.530. The van der Waals surface area contributed by atoms with Crippen molar-refractivity contribution in [2.75, 3.05) is 0 Å². The van der Waals surface area contributed by atoms with Gasteiger partial charge in [-0.3, -0.25) is 4.79 Å². The third-order valence-corrected chi connectivity index (χ3v) is 11.1. The van der Waals surface area contributed by atoms with Crippen molar-refractivity contribution in [2.24, 2.45) is 52.3 Å². The molecule has 0 heterocycles. The van der Waals surface area contributed by atoms with Crippen molar-refractivity contribution in [1.82, 2.24) is 0 Å². The summed E-state index contributed by atoms with van der Waals surface area (Å²) >= 11 is 0. The van der Waals surface area contributed by atoms with Crippen molar-refractivity contribution >= 4 is 6.47 Å². The van der Waals surface area contributed by atoms with E-state index in [1.807, 2.05) is 0 Å². The third-order valence-electron chi connectivity index (χ3n) is 11.1. The molecule has 0 radical (unpaired) electrons. The van der Waals surface area contributed by atoms with Crippen LogP contribution in [0.5, 0.6) is 0 Å². The van der Waals surface area contributed by atoms with Gasteiger partial charge >= 0.3 is 0 Å². The number of ether oxygens (including phenoxy) is 1. The molecule has 0 aromatic rings. The lowest BCUT2D eigenvalue weighted by Gasteiger charge is -2.61. The lowest BCUT2D eigenvalue weighted by molar-refractivity contribution is -0.151. The summed E-state index contributed by atoms with van der Waals surface area (Å²) in [6.45, 7) is 13.3. The van der Waals surface area contributed by atoms with Crippen molar-refractivity contribution in [1.29, 1.82) is 0 Å². The van der Waals surface area contributed by atoms with Gasteiger partial charge in [0.2, 0.25) is 0 Å². The predicted molar refractivity (Wildman–Crippen MR) is 124 cm³/mol. The zero-order valence-corrected chi connectivity index (χ0v) is 20.5. The number of hydrogen-bond donors (Lipinski definition) is 0. The average molecular weight is 417 g/mol. The van der Waals surface area contributed by atoms with Crippen LogP contribution in [0.3, 0.4) is 0 Å². The second-order valence-electron chi connectivity index (χ2n) is 12.8. The van der Waals surface area contributed by atoms with Crippen LogP contribution in [0.25, 0.3) is 0 Å². The summed E-state index contributed by atoms with van der Waals surface area (Å²) in [5.74, 6) is 6.32. The van der Waals surface area contributed by atoms with E-state index in [1.165, 1.54) is 64.2 Å². The van der Waals surface area contributed by atoms with Crippen molar-refractivity contribution in [3.63, 3.8) is 0 Å². The summed E-state index contributed by atoms with van der Waals surface area (Å²) < 4.78 is 5.40. The molecule has 4 saturated carbocycles. The quantitative estimate of drug-likeness (QED) is 0.398. The van der Waals surface area contributed by atoms with E-state index in [2.05, 4.69) is 34.6 Å². The molecule has 0 aromatic carbocycles. The first-order valence-electron chi connectivity index (χ1n) is 13.4. The zero-order chi connectivity index (χ0) is 21.5. The minimum absolute atomic E-state index is 0.188. The van der Waals surface area contributed by atoms with Crippen molar-refractivity contribution < 1.29 is 9.53 Å². The molecular formula is C28H48O2. The Morgan fingerprint density at radius 2 is 1.63 bits per heavy atom. The normalized spacial score (nSPS) is 46.6. The summed E-state index contributed by atoms with van der Waals surface area (Å²) in [4.78, 5) is 10.9. The molecule has 0 saturated heterocycles. The summed E-state index contributed by atoms with van der Waals surface area (Å²) in [7, 11) is 0. The number of carbonyl (C=O) groups excluding carboxylic acids is 1. The zero-order valence-electron chi connectivity index (χ0n) is 20.5. The Morgan fingerprint density at radius 3 is 2.37 bits per heavy atom. The second-order valence-corrected chi connectivity index (χ2v) is 12.8. The number of carbonyl (C=O) groups is 1. The van der Waals surface area contributed by atoms with Crippen molar-refractivity contribution in [3.05, 3.63) is 0 Å². The summed E-state index contributed by atoms with van der Waals surface area (Å²) in [5.41, 5.74) is 1.09. The lowest BCUT2D eigenvalue weighted by Crippen LogP contribution is -2.54. The Bertz CT molecular complexity index is 599. The first-order chi connectivity index (χ1) is 14.3. The maximum absolute atomic E-state index is 10.9. The fourth-order valence-corrected chi connectivity index (χ4v) is 9.45. The molecule has 0 aromatic heterocycles. The molecule has 2 heteroatoms. The first kappa shape index (κ1) is 22.7. The van der Waals surface area contributed by atoms with Crippen molar-refractivity contribution in [3.8, 4) is 0 Å². The SMILES string of the molecule is CC(C)CCCC(C)C1CCC2C3CCC4CC(OC=O)CC[C@]4(C)C3CC[C@]12C. The highest BCUT2D eigenvalue weighted by atomic mass is 16.5. The van der Waals surface area contributed by atoms with Crippen LogP contribution in [-0.4, -0.2) is 12.6 Å². The second kappa shape index (κ2) is 8.78. The van der Waals surface area contributed by atoms with Gasteiger partial charge < -0.3 is 4.74 Å². The minimum atomic E-state index is 0.188. The van der Waals surface area contributed by atoms with E-state index in [4.69, 9.17) is 4.74 Å². The van der Waals surface area contributed by atoms with Crippen LogP contribution in [0.2, 0.25) is 0 Å². The molecule has 0 N–H and O–H groups in total. The molecule has 4 rings (SSSR count). The van der Waals surface area contributed by atoms with Gasteiger partial charge in [0.1, 0.15) is 6.10 Å². The average Bonchev–Trinajstić information content (AvgIpc) is 3.05. The maximum Gasteiger partial charge on any atom is 0.293 e. The van der Waals surface area contributed by atoms with Gasteiger partial charge in [-0.25, -0.2) is 0 Å². The Balaban J connectivity index is 1.44. The largest absolute Gasteiger partial charge is 0.465 e. The Morgan fingerprint density at radius 1 is 0.900 bits per heavy atom. The molecule has 4 fully saturated rings. The molecular weight excluding hydrogens is 368 g/mol. The van der Waals surface area contributed by atoms with Crippen LogP contribution in [0.1, 0.15) is 112 Å². The van der Waals surface area contributed by atoms with E-state index in [0.717, 1.165) is 54.3 Å². The molecule has 30 heavy (non-hydrogen) atoms. The fraction of sp³-hybridized carbons (Fsp3) is 0.964. The van der Waals surface area contributed by atoms with Gasteiger partial charge in [-0.1, -0.05) is 53.9 Å². The van der Waals surface area contributed by atoms with Crippen LogP contribution >= 0.6 is 0 Å². The molecule has 4 aliphatic rings. The molecule has 0 aliphatic heterocycles. The molecule has 7 unspecified atom stereocenters. The highest BCUT2D eigenvalue weighted by molar-refractivity contribution is 5.37. The highest BCUT2D eigenvalue weighted by Crippen LogP contribution is 2.68. The molecule has 0 amide bonds. The monoisotopic (exact) mass is 416 g/mol. The minimum Gasteiger partial charge on any atom is -0.465 e. The molecule has 4 aliphatic carbocycles. The van der Waals surface area contributed by atoms with E-state index in [1.54, 1.807) is 0 Å². The van der Waals surface area contributed by atoms with Gasteiger partial charge in [0.15, 0.2) is 0 Å². The van der Waals surface area contributed by atoms with E-state index >= 15 is 0 Å². The van der Waals surface area contributed by atoms with Gasteiger partial charge in [0.05, 0.1) is 0 Å². The molecule has 9 atom stereocenters. The maximum atomic E-state index is 10.9. The summed E-state index contributed by atoms with van der Waals surface area (Å²) in [6.07, 6.45) is 16.7. The number of hydrogen-bond acceptors (Lipinski definition) is 2. The van der Waals surface area contributed by atoms with Crippen LogP contribution < -0.4 is 0 Å². The highest BCUT2D eigenvalue weighted by Gasteiger charge is 2.60. The van der Waals surface area contributed by atoms with Crippen LogP contribution in [0, 0.1) is 52.3 Å². The topological polar surface area (TPSA) is 26.3 Å². The van der Waals surface area contributed by atoms with Crippen LogP contribution in [-0.2, 0) is 9.53 Å². The first-order valence-corrected chi connectivity index (χ1v) is 13.4. The van der Waals surface area contributed by atoms with Crippen LogP contribution in [0.15, 0.2) is 0 Å². The molecule has 0 bridgehead atoms. The van der Waals surface area contributed by atoms with Crippen LogP contribution in [0.4, 0.5) is 0 Å². The number of fused-ring (bicyclic) bond motifs is 5. The van der Waals surface area contributed by atoms with Gasteiger partial charge in [-0.2, -0.15) is 0 Å². The number of rotatable bonds is 7. The predicted octanol–water partition coefficient (Wildman–Crippen LogP) is 7.65. The van der Waals surface area contributed by atoms with E-state index in [0.29, 0.717) is 17.3 Å². The van der Waals surface area contributed by atoms with Gasteiger partial charge in [0, 0.05) is 0 Å². The lowest BCUT2D eigenvalue weighted by atomic mass is 9.44. The Labute approximate surface area is 186 Å². The van der Waals surface area contributed by atoms with Gasteiger partial charge in [-0.15, -0.1) is 0 Å². The molecule has 0 spiro atoms. The van der Waals surface area contributed by atoms with Gasteiger partial charge in [-0.05, 0) is 110 Å². The fourth-order valence-electron chi connectivity index (χ4n) is 9.45. The van der Waals surface area contributed by atoms with E-state index in [9.17, 15) is 4.79 Å². The Kier molecular flexibility index (Phi) is 6.63. The third kappa shape index (κ3) is 3.88. The van der Waals surface area contributed by atoms with Crippen molar-refractivity contribution in [2.45, 2.75) is 118 Å². The smallest absolute Gasteiger partial charge is 0.293 e.